The molecule has 3 aromatic heterocycles. The lowest BCUT2D eigenvalue weighted by Crippen LogP contribution is -2.44. The van der Waals surface area contributed by atoms with Crippen molar-refractivity contribution in [1.82, 2.24) is 30.4 Å². The molecular formula is C25H27FN6O3S. The number of rotatable bonds is 11. The maximum Gasteiger partial charge on any atom is 0.248 e. The molecule has 0 aliphatic carbocycles. The van der Waals surface area contributed by atoms with Crippen molar-refractivity contribution < 1.29 is 18.4 Å². The molecular weight excluding hydrogens is 483 g/mol. The van der Waals surface area contributed by atoms with Crippen LogP contribution in [0.15, 0.2) is 64.6 Å². The molecule has 0 saturated carbocycles. The quantitative estimate of drug-likeness (QED) is 0.326. The number of carbonyl (C=O) groups excluding carboxylic acids is 2. The van der Waals surface area contributed by atoms with E-state index < -0.39 is 6.04 Å². The lowest BCUT2D eigenvalue weighted by molar-refractivity contribution is -0.142. The minimum absolute atomic E-state index is 0.0888. The molecule has 36 heavy (non-hydrogen) atoms. The summed E-state index contributed by atoms with van der Waals surface area (Å²) in [7, 11) is 0. The summed E-state index contributed by atoms with van der Waals surface area (Å²) in [6.07, 6.45) is 2.35. The Bertz CT molecular complexity index is 1260. The number of amides is 2. The fourth-order valence-electron chi connectivity index (χ4n) is 3.58. The molecule has 0 unspecified atom stereocenters. The van der Waals surface area contributed by atoms with E-state index in [0.717, 1.165) is 16.1 Å². The average molecular weight is 511 g/mol. The molecule has 0 spiro atoms. The molecule has 9 nitrogen and oxygen atoms in total. The second-order valence-corrected chi connectivity index (χ2v) is 9.62. The van der Waals surface area contributed by atoms with Gasteiger partial charge in [0.1, 0.15) is 24.2 Å². The first kappa shape index (κ1) is 25.2. The molecule has 0 radical (unpaired) electrons. The summed E-state index contributed by atoms with van der Waals surface area (Å²) in [5, 5.41) is 17.1. The lowest BCUT2D eigenvalue weighted by atomic mass is 10.1. The first-order valence-corrected chi connectivity index (χ1v) is 12.5. The SMILES string of the molecule is CC(C)CCNC(=O)[C@@H](c1cccs1)N(Cc1ccco1)C(=O)Cn1nnc(-c2ccc(F)cc2)n1. The summed E-state index contributed by atoms with van der Waals surface area (Å²) in [5.74, 6) is 0.213. The Balaban J connectivity index is 1.58. The van der Waals surface area contributed by atoms with Crippen molar-refractivity contribution >= 4 is 23.2 Å². The van der Waals surface area contributed by atoms with Gasteiger partial charge in [-0.05, 0) is 65.4 Å². The zero-order valence-electron chi connectivity index (χ0n) is 20.0. The van der Waals surface area contributed by atoms with Gasteiger partial charge in [0.2, 0.25) is 17.6 Å². The number of nitrogens with one attached hydrogen (secondary N) is 1. The number of hydrogen-bond acceptors (Lipinski definition) is 7. The summed E-state index contributed by atoms with van der Waals surface area (Å²) in [5.41, 5.74) is 0.573. The molecule has 1 N–H and O–H groups in total. The molecule has 4 aromatic rings. The molecule has 188 valence electrons. The molecule has 1 aromatic carbocycles. The van der Waals surface area contributed by atoms with E-state index in [-0.39, 0.29) is 36.5 Å². The van der Waals surface area contributed by atoms with E-state index in [0.29, 0.717) is 23.8 Å². The highest BCUT2D eigenvalue weighted by Gasteiger charge is 2.33. The molecule has 0 fully saturated rings. The van der Waals surface area contributed by atoms with E-state index >= 15 is 0 Å². The normalized spacial score (nSPS) is 12.0. The van der Waals surface area contributed by atoms with Crippen LogP contribution in [0.4, 0.5) is 4.39 Å². The lowest BCUT2D eigenvalue weighted by Gasteiger charge is -2.29. The van der Waals surface area contributed by atoms with Crippen LogP contribution in [0.1, 0.15) is 36.9 Å². The van der Waals surface area contributed by atoms with Gasteiger partial charge in [-0.1, -0.05) is 19.9 Å². The topological polar surface area (TPSA) is 106 Å². The highest BCUT2D eigenvalue weighted by Crippen LogP contribution is 2.28. The fraction of sp³-hybridized carbons (Fsp3) is 0.320. The predicted molar refractivity (Wildman–Crippen MR) is 132 cm³/mol. The Hall–Kier alpha value is -3.86. The van der Waals surface area contributed by atoms with E-state index in [1.165, 1.54) is 46.8 Å². The summed E-state index contributed by atoms with van der Waals surface area (Å²) in [6, 6.07) is 12.0. The van der Waals surface area contributed by atoms with Crippen LogP contribution in [-0.4, -0.2) is 43.5 Å². The van der Waals surface area contributed by atoms with Crippen LogP contribution in [-0.2, 0) is 22.7 Å². The highest BCUT2D eigenvalue weighted by atomic mass is 32.1. The largest absolute Gasteiger partial charge is 0.467 e. The third-order valence-corrected chi connectivity index (χ3v) is 6.38. The van der Waals surface area contributed by atoms with Gasteiger partial charge in [0.05, 0.1) is 12.8 Å². The van der Waals surface area contributed by atoms with Crippen LogP contribution in [0.25, 0.3) is 11.4 Å². The first-order chi connectivity index (χ1) is 17.4. The third-order valence-electron chi connectivity index (χ3n) is 5.45. The van der Waals surface area contributed by atoms with Gasteiger partial charge in [-0.3, -0.25) is 9.59 Å². The molecule has 2 amide bonds. The highest BCUT2D eigenvalue weighted by molar-refractivity contribution is 7.10. The second-order valence-electron chi connectivity index (χ2n) is 8.64. The number of furan rings is 1. The van der Waals surface area contributed by atoms with Crippen molar-refractivity contribution in [2.75, 3.05) is 6.54 Å². The van der Waals surface area contributed by atoms with Crippen LogP contribution in [0.2, 0.25) is 0 Å². The van der Waals surface area contributed by atoms with E-state index in [1.807, 2.05) is 17.5 Å². The summed E-state index contributed by atoms with van der Waals surface area (Å²) in [4.78, 5) is 30.3. The van der Waals surface area contributed by atoms with Gasteiger partial charge < -0.3 is 14.6 Å². The number of thiophene rings is 1. The molecule has 4 rings (SSSR count). The fourth-order valence-corrected chi connectivity index (χ4v) is 4.42. The minimum Gasteiger partial charge on any atom is -0.467 e. The maximum atomic E-state index is 13.6. The zero-order valence-corrected chi connectivity index (χ0v) is 20.8. The van der Waals surface area contributed by atoms with Gasteiger partial charge in [0.15, 0.2) is 0 Å². The van der Waals surface area contributed by atoms with Gasteiger partial charge in [-0.25, -0.2) is 4.39 Å². The van der Waals surface area contributed by atoms with E-state index in [2.05, 4.69) is 34.6 Å². The van der Waals surface area contributed by atoms with Gasteiger partial charge >= 0.3 is 0 Å². The van der Waals surface area contributed by atoms with E-state index in [4.69, 9.17) is 4.42 Å². The van der Waals surface area contributed by atoms with Crippen LogP contribution in [0, 0.1) is 11.7 Å². The van der Waals surface area contributed by atoms with Crippen molar-refractivity contribution in [3.63, 3.8) is 0 Å². The smallest absolute Gasteiger partial charge is 0.248 e. The number of nitrogens with zero attached hydrogens (tertiary/aromatic N) is 5. The third kappa shape index (κ3) is 6.42. The molecule has 0 bridgehead atoms. The molecule has 3 heterocycles. The Morgan fingerprint density at radius 3 is 2.64 bits per heavy atom. The van der Waals surface area contributed by atoms with Crippen LogP contribution < -0.4 is 5.32 Å². The number of aromatic nitrogens is 4. The Morgan fingerprint density at radius 1 is 1.17 bits per heavy atom. The monoisotopic (exact) mass is 510 g/mol. The van der Waals surface area contributed by atoms with Crippen molar-refractivity contribution in [2.45, 2.75) is 39.4 Å². The second kappa shape index (κ2) is 11.7. The van der Waals surface area contributed by atoms with E-state index in [1.54, 1.807) is 12.1 Å². The standard InChI is InChI=1S/C25H27FN6O3S/c1-17(2)11-12-27-25(34)23(21-6-4-14-36-21)31(15-20-5-3-13-35-20)22(33)16-32-29-24(28-30-32)18-7-9-19(26)10-8-18/h3-10,13-14,17,23H,11-12,15-16H2,1-2H3,(H,27,34)/t23-/m1/s1. The average Bonchev–Trinajstić information content (AvgIpc) is 3.63. The van der Waals surface area contributed by atoms with Gasteiger partial charge in [-0.15, -0.1) is 21.5 Å². The Morgan fingerprint density at radius 2 is 1.97 bits per heavy atom. The molecule has 0 aliphatic heterocycles. The Labute approximate surface area is 211 Å². The first-order valence-electron chi connectivity index (χ1n) is 11.6. The summed E-state index contributed by atoms with van der Waals surface area (Å²) in [6.45, 7) is 4.52. The van der Waals surface area contributed by atoms with Gasteiger partial charge in [-0.2, -0.15) is 4.80 Å². The molecule has 0 aliphatic rings. The van der Waals surface area contributed by atoms with Crippen LogP contribution in [0.3, 0.4) is 0 Å². The Kier molecular flexibility index (Phi) is 8.21. The number of halogens is 1. The number of benzene rings is 1. The summed E-state index contributed by atoms with van der Waals surface area (Å²) < 4.78 is 18.7. The minimum atomic E-state index is -0.852. The van der Waals surface area contributed by atoms with Crippen molar-refractivity contribution in [3.05, 3.63) is 76.6 Å². The molecule has 11 heteroatoms. The van der Waals surface area contributed by atoms with Gasteiger partial charge in [0, 0.05) is 17.0 Å². The number of hydrogen-bond donors (Lipinski definition) is 1. The van der Waals surface area contributed by atoms with Crippen molar-refractivity contribution in [2.24, 2.45) is 5.92 Å². The number of tetrazole rings is 1. The van der Waals surface area contributed by atoms with Crippen LogP contribution >= 0.6 is 11.3 Å². The van der Waals surface area contributed by atoms with Crippen molar-refractivity contribution in [3.8, 4) is 11.4 Å². The molecule has 1 atom stereocenters. The zero-order chi connectivity index (χ0) is 25.5. The van der Waals surface area contributed by atoms with Gasteiger partial charge in [0.25, 0.3) is 0 Å². The maximum absolute atomic E-state index is 13.6. The summed E-state index contributed by atoms with van der Waals surface area (Å²) >= 11 is 1.40. The van der Waals surface area contributed by atoms with Crippen molar-refractivity contribution in [1.29, 1.82) is 0 Å². The van der Waals surface area contributed by atoms with E-state index in [9.17, 15) is 14.0 Å². The molecule has 0 saturated heterocycles. The van der Waals surface area contributed by atoms with Crippen LogP contribution in [0.5, 0.6) is 0 Å². The predicted octanol–water partition coefficient (Wildman–Crippen LogP) is 4.07. The number of carbonyl (C=O) groups is 2.